The maximum Gasteiger partial charge on any atom is 0.0750 e. The van der Waals surface area contributed by atoms with Crippen LogP contribution in [0.1, 0.15) is 19.4 Å². The molecule has 1 aromatic rings. The molecule has 18 heavy (non-hydrogen) atoms. The number of hydrogen-bond donors (Lipinski definition) is 1. The third-order valence-electron chi connectivity index (χ3n) is 3.14. The SMILES string of the molecule is CNC(Cc1ccc(Cl)c(Cl)c1)C(OC)C(C)C. The lowest BCUT2D eigenvalue weighted by molar-refractivity contribution is 0.0354. The van der Waals surface area contributed by atoms with Crippen molar-refractivity contribution in [2.45, 2.75) is 32.4 Å². The summed E-state index contributed by atoms with van der Waals surface area (Å²) in [6.45, 7) is 4.32. The van der Waals surface area contributed by atoms with Crippen LogP contribution in [0.15, 0.2) is 18.2 Å². The first-order valence-electron chi connectivity index (χ1n) is 6.13. The van der Waals surface area contributed by atoms with Crippen molar-refractivity contribution >= 4 is 23.2 Å². The highest BCUT2D eigenvalue weighted by Gasteiger charge is 2.23. The molecule has 0 aliphatic rings. The van der Waals surface area contributed by atoms with Crippen molar-refractivity contribution in [2.24, 2.45) is 5.92 Å². The highest BCUT2D eigenvalue weighted by Crippen LogP contribution is 2.24. The molecule has 0 amide bonds. The van der Waals surface area contributed by atoms with Crippen LogP contribution in [-0.4, -0.2) is 26.3 Å². The fraction of sp³-hybridized carbons (Fsp3) is 0.571. The predicted molar refractivity (Wildman–Crippen MR) is 78.6 cm³/mol. The summed E-state index contributed by atoms with van der Waals surface area (Å²) in [6.07, 6.45) is 1.04. The third kappa shape index (κ3) is 4.13. The van der Waals surface area contributed by atoms with Crippen LogP contribution in [0.5, 0.6) is 0 Å². The van der Waals surface area contributed by atoms with Crippen LogP contribution in [0.4, 0.5) is 0 Å². The minimum absolute atomic E-state index is 0.171. The molecule has 1 rings (SSSR count). The molecule has 2 atom stereocenters. The van der Waals surface area contributed by atoms with Gasteiger partial charge in [0.2, 0.25) is 0 Å². The molecule has 0 fully saturated rings. The van der Waals surface area contributed by atoms with E-state index in [1.54, 1.807) is 7.11 Å². The molecular formula is C14H21Cl2NO. The van der Waals surface area contributed by atoms with E-state index in [4.69, 9.17) is 27.9 Å². The molecule has 0 heterocycles. The number of benzene rings is 1. The average Bonchev–Trinajstić information content (AvgIpc) is 2.33. The van der Waals surface area contributed by atoms with Gasteiger partial charge in [-0.2, -0.15) is 0 Å². The first-order valence-corrected chi connectivity index (χ1v) is 6.89. The van der Waals surface area contributed by atoms with Crippen molar-refractivity contribution in [2.75, 3.05) is 14.2 Å². The van der Waals surface area contributed by atoms with Crippen molar-refractivity contribution in [3.05, 3.63) is 33.8 Å². The van der Waals surface area contributed by atoms with E-state index in [1.165, 1.54) is 0 Å². The van der Waals surface area contributed by atoms with Crippen LogP contribution in [0, 0.1) is 5.92 Å². The Balaban J connectivity index is 2.81. The first-order chi connectivity index (χ1) is 8.49. The Morgan fingerprint density at radius 2 is 1.89 bits per heavy atom. The van der Waals surface area contributed by atoms with Crippen LogP contribution in [0.3, 0.4) is 0 Å². The van der Waals surface area contributed by atoms with Gasteiger partial charge in [0.15, 0.2) is 0 Å². The van der Waals surface area contributed by atoms with E-state index in [0.717, 1.165) is 12.0 Å². The standard InChI is InChI=1S/C14H21Cl2NO/c1-9(2)14(18-4)13(17-3)8-10-5-6-11(15)12(16)7-10/h5-7,9,13-14,17H,8H2,1-4H3. The minimum atomic E-state index is 0.171. The lowest BCUT2D eigenvalue weighted by Crippen LogP contribution is -2.43. The molecule has 0 radical (unpaired) electrons. The van der Waals surface area contributed by atoms with Gasteiger partial charge in [0.05, 0.1) is 16.1 Å². The van der Waals surface area contributed by atoms with Crippen molar-refractivity contribution in [3.8, 4) is 0 Å². The Morgan fingerprint density at radius 3 is 2.33 bits per heavy atom. The molecule has 0 aromatic heterocycles. The Kier molecular flexibility index (Phi) is 6.44. The van der Waals surface area contributed by atoms with Gasteiger partial charge < -0.3 is 10.1 Å². The smallest absolute Gasteiger partial charge is 0.0750 e. The van der Waals surface area contributed by atoms with Crippen LogP contribution in [-0.2, 0) is 11.2 Å². The Bertz CT molecular complexity index is 382. The average molecular weight is 290 g/mol. The van der Waals surface area contributed by atoms with Crippen molar-refractivity contribution < 1.29 is 4.74 Å². The molecule has 2 nitrogen and oxygen atoms in total. The van der Waals surface area contributed by atoms with Crippen LogP contribution in [0.25, 0.3) is 0 Å². The maximum atomic E-state index is 6.03. The predicted octanol–water partition coefficient (Wildman–Crippen LogP) is 3.79. The van der Waals surface area contributed by atoms with E-state index in [-0.39, 0.29) is 12.1 Å². The maximum absolute atomic E-state index is 6.03. The number of halogens is 2. The second-order valence-corrected chi connectivity index (χ2v) is 5.61. The third-order valence-corrected chi connectivity index (χ3v) is 3.88. The number of rotatable bonds is 6. The second-order valence-electron chi connectivity index (χ2n) is 4.79. The van der Waals surface area contributed by atoms with Crippen molar-refractivity contribution in [1.29, 1.82) is 0 Å². The second kappa shape index (κ2) is 7.34. The normalized spacial score (nSPS) is 14.8. The molecule has 4 heteroatoms. The fourth-order valence-electron chi connectivity index (χ4n) is 2.20. The van der Waals surface area contributed by atoms with E-state index in [1.807, 2.05) is 25.2 Å². The number of nitrogens with one attached hydrogen (secondary N) is 1. The van der Waals surface area contributed by atoms with E-state index < -0.39 is 0 Å². The molecule has 0 bridgehead atoms. The van der Waals surface area contributed by atoms with Crippen LogP contribution < -0.4 is 5.32 Å². The Labute approximate surface area is 120 Å². The molecule has 1 N–H and O–H groups in total. The molecule has 1 aromatic carbocycles. The number of ether oxygens (including phenoxy) is 1. The van der Waals surface area contributed by atoms with E-state index >= 15 is 0 Å². The lowest BCUT2D eigenvalue weighted by Gasteiger charge is -2.29. The van der Waals surface area contributed by atoms with Gasteiger partial charge in [-0.05, 0) is 37.1 Å². The fourth-order valence-corrected chi connectivity index (χ4v) is 2.52. The zero-order valence-corrected chi connectivity index (χ0v) is 12.8. The summed E-state index contributed by atoms with van der Waals surface area (Å²) in [5.41, 5.74) is 1.16. The summed E-state index contributed by atoms with van der Waals surface area (Å²) in [7, 11) is 3.71. The van der Waals surface area contributed by atoms with Gasteiger partial charge in [0, 0.05) is 13.2 Å². The van der Waals surface area contributed by atoms with E-state index in [9.17, 15) is 0 Å². The largest absolute Gasteiger partial charge is 0.380 e. The topological polar surface area (TPSA) is 21.3 Å². The van der Waals surface area contributed by atoms with Gasteiger partial charge in [-0.3, -0.25) is 0 Å². The minimum Gasteiger partial charge on any atom is -0.380 e. The van der Waals surface area contributed by atoms with Gasteiger partial charge in [0.1, 0.15) is 0 Å². The monoisotopic (exact) mass is 289 g/mol. The zero-order chi connectivity index (χ0) is 13.7. The zero-order valence-electron chi connectivity index (χ0n) is 11.3. The van der Waals surface area contributed by atoms with Gasteiger partial charge in [-0.25, -0.2) is 0 Å². The Morgan fingerprint density at radius 1 is 1.22 bits per heavy atom. The van der Waals surface area contributed by atoms with E-state index in [2.05, 4.69) is 19.2 Å². The van der Waals surface area contributed by atoms with Crippen LogP contribution >= 0.6 is 23.2 Å². The molecule has 102 valence electrons. The summed E-state index contributed by atoms with van der Waals surface area (Å²) in [5.74, 6) is 0.454. The summed E-state index contributed by atoms with van der Waals surface area (Å²) in [5, 5.41) is 4.51. The van der Waals surface area contributed by atoms with Gasteiger partial charge in [-0.1, -0.05) is 43.1 Å². The highest BCUT2D eigenvalue weighted by molar-refractivity contribution is 6.42. The molecule has 0 aliphatic carbocycles. The summed E-state index contributed by atoms with van der Waals surface area (Å²) in [4.78, 5) is 0. The molecule has 2 unspecified atom stereocenters. The molecular weight excluding hydrogens is 269 g/mol. The Hall–Kier alpha value is -0.280. The molecule has 0 saturated carbocycles. The van der Waals surface area contributed by atoms with Crippen molar-refractivity contribution in [1.82, 2.24) is 5.32 Å². The van der Waals surface area contributed by atoms with Gasteiger partial charge in [0.25, 0.3) is 0 Å². The number of hydrogen-bond acceptors (Lipinski definition) is 2. The number of methoxy groups -OCH3 is 1. The lowest BCUT2D eigenvalue weighted by atomic mass is 9.94. The van der Waals surface area contributed by atoms with Gasteiger partial charge in [-0.15, -0.1) is 0 Å². The molecule has 0 spiro atoms. The van der Waals surface area contributed by atoms with Gasteiger partial charge >= 0.3 is 0 Å². The van der Waals surface area contributed by atoms with Crippen LogP contribution in [0.2, 0.25) is 10.0 Å². The molecule has 0 saturated heterocycles. The van der Waals surface area contributed by atoms with Crippen molar-refractivity contribution in [3.63, 3.8) is 0 Å². The molecule has 0 aliphatic heterocycles. The number of likely N-dealkylation sites (N-methyl/N-ethyl adjacent to an activating group) is 1. The summed E-state index contributed by atoms with van der Waals surface area (Å²) >= 11 is 12.0. The quantitative estimate of drug-likeness (QED) is 0.860. The summed E-state index contributed by atoms with van der Waals surface area (Å²) < 4.78 is 5.57. The first kappa shape index (κ1) is 15.8. The summed E-state index contributed by atoms with van der Waals surface area (Å²) in [6, 6.07) is 6.02. The highest BCUT2D eigenvalue weighted by atomic mass is 35.5. The van der Waals surface area contributed by atoms with E-state index in [0.29, 0.717) is 16.0 Å².